The summed E-state index contributed by atoms with van der Waals surface area (Å²) >= 11 is 0. The van der Waals surface area contributed by atoms with Crippen molar-refractivity contribution in [2.75, 3.05) is 52.3 Å². The Morgan fingerprint density at radius 3 is 2.55 bits per heavy atom. The molecule has 9 atom stereocenters. The van der Waals surface area contributed by atoms with Crippen LogP contribution in [0.2, 0.25) is 0 Å². The van der Waals surface area contributed by atoms with E-state index in [9.17, 15) is 14.7 Å². The predicted molar refractivity (Wildman–Crippen MR) is 212 cm³/mol. The van der Waals surface area contributed by atoms with Crippen molar-refractivity contribution in [3.63, 3.8) is 0 Å². The zero-order valence-corrected chi connectivity index (χ0v) is 33.8. The Kier molecular flexibility index (Phi) is 13.2. The van der Waals surface area contributed by atoms with Crippen LogP contribution in [0.5, 0.6) is 5.75 Å². The van der Waals surface area contributed by atoms with Crippen molar-refractivity contribution in [2.45, 2.75) is 105 Å². The third-order valence-electron chi connectivity index (χ3n) is 13.3. The zero-order valence-electron chi connectivity index (χ0n) is 33.8. The van der Waals surface area contributed by atoms with Crippen LogP contribution in [0, 0.1) is 29.1 Å². The van der Waals surface area contributed by atoms with Gasteiger partial charge in [-0.3, -0.25) is 19.3 Å². The van der Waals surface area contributed by atoms with Crippen LogP contribution in [-0.4, -0.2) is 105 Å². The number of hydrogen-bond donors (Lipinski definition) is 4. The van der Waals surface area contributed by atoms with E-state index in [1.165, 1.54) is 0 Å². The lowest BCUT2D eigenvalue weighted by atomic mass is 9.58. The fourth-order valence-corrected chi connectivity index (χ4v) is 9.11. The molecule has 0 bridgehead atoms. The second-order valence-corrected chi connectivity index (χ2v) is 16.7. The Morgan fingerprint density at radius 2 is 1.91 bits per heavy atom. The number of nitrogens with zero attached hydrogens (tertiary/aromatic N) is 3. The molecule has 11 heteroatoms. The molecule has 3 aliphatic rings. The maximum Gasteiger partial charge on any atom is 0.251 e. The smallest absolute Gasteiger partial charge is 0.251 e. The number of methoxy groups -OCH3 is 1. The number of ether oxygens (including phenoxy) is 1. The van der Waals surface area contributed by atoms with Crippen LogP contribution in [0.4, 0.5) is 5.69 Å². The molecule has 3 fully saturated rings. The van der Waals surface area contributed by atoms with Crippen LogP contribution in [0.1, 0.15) is 83.7 Å². The van der Waals surface area contributed by atoms with Gasteiger partial charge in [-0.2, -0.15) is 5.06 Å². The predicted octanol–water partition coefficient (Wildman–Crippen LogP) is 4.91. The van der Waals surface area contributed by atoms with Crippen molar-refractivity contribution >= 4 is 17.5 Å². The number of benzene rings is 2. The Morgan fingerprint density at radius 1 is 1.17 bits per heavy atom. The average Bonchev–Trinajstić information content (AvgIpc) is 3.76. The van der Waals surface area contributed by atoms with Gasteiger partial charge in [-0.1, -0.05) is 59.7 Å². The number of anilines is 1. The molecule has 5 N–H and O–H groups in total. The number of rotatable bonds is 13. The molecule has 2 aromatic carbocycles. The SMILES string of the molecule is CCN1CCC[C@@H]1CNC(=O)c1cc(-c2cccc(CN3O[C@@H](CN)[C@@H]([C@H](C)O)[C@H]3C(=O)N[C@H]3C[C@@H](C)C(C)(C)[C@@H](C)[C@@H]3C)c2OC)cc(N(C)C)c1. The van der Waals surface area contributed by atoms with Crippen molar-refractivity contribution in [1.29, 1.82) is 0 Å². The van der Waals surface area contributed by atoms with E-state index in [1.807, 2.05) is 49.3 Å². The summed E-state index contributed by atoms with van der Waals surface area (Å²) in [4.78, 5) is 38.8. The van der Waals surface area contributed by atoms with Crippen LogP contribution in [0.3, 0.4) is 0 Å². The molecule has 2 heterocycles. The maximum atomic E-state index is 14.4. The first-order chi connectivity index (χ1) is 25.1. The van der Waals surface area contributed by atoms with Gasteiger partial charge in [0, 0.05) is 67.6 Å². The zero-order chi connectivity index (χ0) is 38.8. The lowest BCUT2D eigenvalue weighted by Crippen LogP contribution is -2.56. The molecular weight excluding hydrogens is 668 g/mol. The van der Waals surface area contributed by atoms with Gasteiger partial charge in [0.15, 0.2) is 0 Å². The number of aliphatic hydroxyl groups is 1. The Hall–Kier alpha value is -3.22. The quantitative estimate of drug-likeness (QED) is 0.227. The number of carbonyl (C=O) groups is 2. The Bertz CT molecular complexity index is 1580. The average molecular weight is 735 g/mol. The number of hydroxylamine groups is 2. The highest BCUT2D eigenvalue weighted by Crippen LogP contribution is 2.47. The van der Waals surface area contributed by atoms with Crippen molar-refractivity contribution in [2.24, 2.45) is 34.8 Å². The summed E-state index contributed by atoms with van der Waals surface area (Å²) in [5.41, 5.74) is 10.3. The molecule has 11 nitrogen and oxygen atoms in total. The maximum absolute atomic E-state index is 14.4. The number of hydrogen-bond acceptors (Lipinski definition) is 9. The fraction of sp³-hybridized carbons (Fsp3) is 0.667. The molecule has 2 saturated heterocycles. The summed E-state index contributed by atoms with van der Waals surface area (Å²) in [5, 5.41) is 19.3. The first-order valence-corrected chi connectivity index (χ1v) is 19.8. The highest BCUT2D eigenvalue weighted by atomic mass is 16.7. The molecule has 0 radical (unpaired) electrons. The molecule has 294 valence electrons. The lowest BCUT2D eigenvalue weighted by Gasteiger charge is -2.50. The summed E-state index contributed by atoms with van der Waals surface area (Å²) in [6, 6.07) is 11.4. The minimum Gasteiger partial charge on any atom is -0.496 e. The number of aliphatic hydroxyl groups excluding tert-OH is 1. The topological polar surface area (TPSA) is 133 Å². The molecular formula is C42H66N6O5. The van der Waals surface area contributed by atoms with E-state index in [0.29, 0.717) is 35.7 Å². The second kappa shape index (κ2) is 17.1. The largest absolute Gasteiger partial charge is 0.496 e. The first-order valence-electron chi connectivity index (χ1n) is 19.8. The monoisotopic (exact) mass is 735 g/mol. The molecule has 5 rings (SSSR count). The van der Waals surface area contributed by atoms with Crippen molar-refractivity contribution < 1.29 is 24.3 Å². The Labute approximate surface area is 317 Å². The summed E-state index contributed by atoms with van der Waals surface area (Å²) < 4.78 is 6.11. The summed E-state index contributed by atoms with van der Waals surface area (Å²) in [7, 11) is 5.56. The van der Waals surface area contributed by atoms with E-state index in [1.54, 1.807) is 19.1 Å². The molecule has 0 aromatic heterocycles. The Balaban J connectivity index is 1.44. The lowest BCUT2D eigenvalue weighted by molar-refractivity contribution is -0.174. The van der Waals surface area contributed by atoms with Crippen LogP contribution in [-0.2, 0) is 16.2 Å². The summed E-state index contributed by atoms with van der Waals surface area (Å²) in [6.45, 7) is 18.4. The molecule has 2 aliphatic heterocycles. The van der Waals surface area contributed by atoms with Gasteiger partial charge in [-0.25, -0.2) is 0 Å². The molecule has 2 amide bonds. The van der Waals surface area contributed by atoms with E-state index in [0.717, 1.165) is 54.7 Å². The van der Waals surface area contributed by atoms with Crippen LogP contribution >= 0.6 is 0 Å². The van der Waals surface area contributed by atoms with Crippen LogP contribution in [0.15, 0.2) is 36.4 Å². The molecule has 2 aromatic rings. The summed E-state index contributed by atoms with van der Waals surface area (Å²) in [6.07, 6.45) is 1.77. The van der Waals surface area contributed by atoms with E-state index in [2.05, 4.69) is 63.1 Å². The standard InChI is InChI=1S/C42H66N6O5/c1-11-47-17-13-15-32(47)23-44-40(50)31-19-30(20-33(21-31)46(8)9)34-16-12-14-29(39(34)52-10)24-48-38(37(28(5)49)36(22-43)53-48)41(51)45-35-18-25(2)42(6,7)27(4)26(35)3/h12,14,16,19-21,25-28,32,35-38,49H,11,13,15,17-18,22-24,43H2,1-10H3,(H,44,50)(H,45,51)/t25-,26+,27+,28+,32-,35+,36+,37-,38+/m1/s1. The molecule has 0 unspecified atom stereocenters. The van der Waals surface area contributed by atoms with E-state index >= 15 is 0 Å². The summed E-state index contributed by atoms with van der Waals surface area (Å²) in [5.74, 6) is 0.966. The van der Waals surface area contributed by atoms with Gasteiger partial charge in [0.2, 0.25) is 5.91 Å². The van der Waals surface area contributed by atoms with Crippen molar-refractivity contribution in [3.8, 4) is 16.9 Å². The van der Waals surface area contributed by atoms with Crippen molar-refractivity contribution in [1.82, 2.24) is 20.6 Å². The first kappa shape index (κ1) is 41.0. The van der Waals surface area contributed by atoms with E-state index in [4.69, 9.17) is 15.3 Å². The van der Waals surface area contributed by atoms with Gasteiger partial charge in [0.1, 0.15) is 11.8 Å². The van der Waals surface area contributed by atoms with Gasteiger partial charge in [-0.05, 0) is 86.2 Å². The molecule has 1 aliphatic carbocycles. The molecule has 53 heavy (non-hydrogen) atoms. The van der Waals surface area contributed by atoms with E-state index in [-0.39, 0.29) is 42.3 Å². The van der Waals surface area contributed by atoms with E-state index < -0.39 is 24.2 Å². The van der Waals surface area contributed by atoms with Gasteiger partial charge < -0.3 is 31.1 Å². The number of nitrogens with one attached hydrogen (secondary N) is 2. The minimum atomic E-state index is -0.824. The highest BCUT2D eigenvalue weighted by molar-refractivity contribution is 5.97. The third kappa shape index (κ3) is 8.54. The van der Waals surface area contributed by atoms with Gasteiger partial charge in [0.25, 0.3) is 5.91 Å². The normalized spacial score (nSPS) is 29.5. The molecule has 1 saturated carbocycles. The molecule has 0 spiro atoms. The third-order valence-corrected chi connectivity index (χ3v) is 13.3. The van der Waals surface area contributed by atoms with Crippen LogP contribution < -0.4 is 26.0 Å². The highest BCUT2D eigenvalue weighted by Gasteiger charge is 2.51. The number of para-hydroxylation sites is 1. The number of amides is 2. The fourth-order valence-electron chi connectivity index (χ4n) is 9.11. The second-order valence-electron chi connectivity index (χ2n) is 16.7. The number of carbonyl (C=O) groups excluding carboxylic acids is 2. The van der Waals surface area contributed by atoms with Gasteiger partial charge >= 0.3 is 0 Å². The number of likely N-dealkylation sites (N-methyl/N-ethyl adjacent to an activating group) is 1. The van der Waals surface area contributed by atoms with Gasteiger partial charge in [-0.15, -0.1) is 0 Å². The number of likely N-dealkylation sites (tertiary alicyclic amines) is 1. The van der Waals surface area contributed by atoms with Crippen molar-refractivity contribution in [3.05, 3.63) is 47.5 Å². The van der Waals surface area contributed by atoms with Crippen LogP contribution in [0.25, 0.3) is 11.1 Å². The number of nitrogens with two attached hydrogens (primary N) is 1. The minimum absolute atomic E-state index is 0.00549. The van der Waals surface area contributed by atoms with Gasteiger partial charge in [0.05, 0.1) is 25.9 Å².